The van der Waals surface area contributed by atoms with E-state index in [0.717, 1.165) is 11.1 Å². The van der Waals surface area contributed by atoms with Crippen molar-refractivity contribution in [2.24, 2.45) is 5.10 Å². The third-order valence-electron chi connectivity index (χ3n) is 4.55. The molecule has 3 N–H and O–H groups in total. The summed E-state index contributed by atoms with van der Waals surface area (Å²) in [5.74, 6) is -0.993. The number of nitrogens with zero attached hydrogens (tertiary/aromatic N) is 3. The van der Waals surface area contributed by atoms with Crippen LogP contribution in [0.15, 0.2) is 59.3 Å². The number of hydrazone groups is 1. The van der Waals surface area contributed by atoms with E-state index in [1.807, 2.05) is 32.0 Å². The van der Waals surface area contributed by atoms with Crippen LogP contribution in [-0.2, 0) is 4.79 Å². The Bertz CT molecular complexity index is 1070. The molecule has 0 saturated carbocycles. The Kier molecular flexibility index (Phi) is 5.40. The van der Waals surface area contributed by atoms with Crippen LogP contribution in [0.1, 0.15) is 28.4 Å². The predicted molar refractivity (Wildman–Crippen MR) is 107 cm³/mol. The van der Waals surface area contributed by atoms with Crippen molar-refractivity contribution >= 4 is 28.9 Å². The van der Waals surface area contributed by atoms with Crippen LogP contribution in [0.4, 0.5) is 11.4 Å². The Labute approximate surface area is 166 Å². The molecule has 0 aromatic heterocycles. The lowest BCUT2D eigenvalue weighted by atomic mass is 10.1. The van der Waals surface area contributed by atoms with Gasteiger partial charge in [0.25, 0.3) is 16.7 Å². The number of anilines is 1. The van der Waals surface area contributed by atoms with Gasteiger partial charge in [0.2, 0.25) is 0 Å². The molecule has 0 atom stereocenters. The highest BCUT2D eigenvalue weighted by Gasteiger charge is 2.29. The van der Waals surface area contributed by atoms with Crippen molar-refractivity contribution < 1.29 is 19.7 Å². The first-order valence-corrected chi connectivity index (χ1v) is 8.78. The third-order valence-corrected chi connectivity index (χ3v) is 4.55. The number of para-hydroxylation sites is 1. The van der Waals surface area contributed by atoms with Crippen LogP contribution in [0, 0.1) is 18.8 Å². The molecule has 29 heavy (non-hydrogen) atoms. The van der Waals surface area contributed by atoms with Crippen molar-refractivity contribution in [1.29, 1.82) is 0 Å². The smallest absolute Gasteiger partial charge is 0.305 e. The van der Waals surface area contributed by atoms with Gasteiger partial charge in [-0.2, -0.15) is 10.1 Å². The lowest BCUT2D eigenvalue weighted by Crippen LogP contribution is -2.35. The van der Waals surface area contributed by atoms with E-state index in [2.05, 4.69) is 16.0 Å². The second-order valence-corrected chi connectivity index (χ2v) is 6.52. The van der Waals surface area contributed by atoms with E-state index in [1.54, 1.807) is 13.0 Å². The summed E-state index contributed by atoms with van der Waals surface area (Å²) in [7, 11) is 0. The van der Waals surface area contributed by atoms with Gasteiger partial charge < -0.3 is 5.43 Å². The van der Waals surface area contributed by atoms with Gasteiger partial charge >= 0.3 is 5.69 Å². The van der Waals surface area contributed by atoms with Crippen molar-refractivity contribution in [3.05, 3.63) is 75.8 Å². The zero-order valence-corrected chi connectivity index (χ0v) is 16.1. The van der Waals surface area contributed by atoms with Gasteiger partial charge in [-0.1, -0.05) is 18.2 Å². The quantitative estimate of drug-likeness (QED) is 0.533. The van der Waals surface area contributed by atoms with Crippen LogP contribution in [-0.4, -0.2) is 27.7 Å². The standard InChI is InChI=1S/C20H19N5O4/c1-12-8-9-15(10-13(12)2)24-20(27)17(14(3)23-24)11-21-22-19(26)16-6-4-5-7-18(16)25(28)29/h4-11H,1-3H3,(H2-,21,22,23,26,27,28,29)/p+1. The molecule has 9 nitrogen and oxygen atoms in total. The lowest BCUT2D eigenvalue weighted by molar-refractivity contribution is -0.729. The highest BCUT2D eigenvalue weighted by molar-refractivity contribution is 6.29. The normalized spacial score (nSPS) is 14.7. The van der Waals surface area contributed by atoms with Crippen molar-refractivity contribution in [2.45, 2.75) is 20.8 Å². The van der Waals surface area contributed by atoms with Crippen molar-refractivity contribution in [2.75, 3.05) is 5.01 Å². The van der Waals surface area contributed by atoms with E-state index < -0.39 is 5.91 Å². The number of aryl methyl sites for hydroxylation is 2. The van der Waals surface area contributed by atoms with Crippen LogP contribution in [0.3, 0.4) is 0 Å². The molecule has 0 unspecified atom stereocenters. The average Bonchev–Trinajstić information content (AvgIpc) is 2.98. The van der Waals surface area contributed by atoms with Crippen LogP contribution >= 0.6 is 0 Å². The van der Waals surface area contributed by atoms with Gasteiger partial charge in [-0.25, -0.2) is 5.21 Å². The summed E-state index contributed by atoms with van der Waals surface area (Å²) < 4.78 is 0. The van der Waals surface area contributed by atoms with Crippen LogP contribution in [0.5, 0.6) is 0 Å². The fraction of sp³-hybridized carbons (Fsp3) is 0.150. The maximum absolute atomic E-state index is 12.7. The zero-order chi connectivity index (χ0) is 21.1. The molecule has 0 saturated heterocycles. The maximum atomic E-state index is 12.7. The van der Waals surface area contributed by atoms with Crippen LogP contribution in [0.2, 0.25) is 0 Å². The van der Waals surface area contributed by atoms with Crippen LogP contribution in [0.25, 0.3) is 0 Å². The molecule has 0 fully saturated rings. The first-order chi connectivity index (χ1) is 13.8. The minimum absolute atomic E-state index is 0.0317. The SMILES string of the molecule is CC1=NN(c2ccc(C)c(C)c2)C(=O)/C1=C\NNC(=O)c1ccccc1[N+](=O)O. The van der Waals surface area contributed by atoms with E-state index in [4.69, 9.17) is 5.21 Å². The van der Waals surface area contributed by atoms with Gasteiger partial charge in [-0.15, -0.1) is 0 Å². The number of amides is 2. The van der Waals surface area contributed by atoms with Gasteiger partial charge in [-0.3, -0.25) is 15.0 Å². The molecule has 9 heteroatoms. The second kappa shape index (κ2) is 7.93. The Hall–Kier alpha value is -4.01. The topological polar surface area (TPSA) is 114 Å². The molecule has 2 aromatic carbocycles. The lowest BCUT2D eigenvalue weighted by Gasteiger charge is -2.13. The molecular weight excluding hydrogens is 374 g/mol. The summed E-state index contributed by atoms with van der Waals surface area (Å²) in [6, 6.07) is 11.4. The number of hydrogen-bond acceptors (Lipinski definition) is 5. The molecule has 2 amide bonds. The number of rotatable bonds is 5. The highest BCUT2D eigenvalue weighted by atomic mass is 16.6. The fourth-order valence-electron chi connectivity index (χ4n) is 2.79. The van der Waals surface area contributed by atoms with Crippen molar-refractivity contribution in [1.82, 2.24) is 10.9 Å². The van der Waals surface area contributed by atoms with Gasteiger partial charge in [-0.05, 0) is 50.1 Å². The largest absolute Gasteiger partial charge is 0.329 e. The Morgan fingerprint density at radius 2 is 1.86 bits per heavy atom. The number of benzene rings is 2. The number of hydrazine groups is 1. The van der Waals surface area contributed by atoms with E-state index in [0.29, 0.717) is 11.4 Å². The minimum atomic E-state index is -0.654. The van der Waals surface area contributed by atoms with Gasteiger partial charge in [0, 0.05) is 12.3 Å². The number of carbonyl (C=O) groups is 2. The summed E-state index contributed by atoms with van der Waals surface area (Å²) in [5, 5.41) is 14.7. The molecule has 0 bridgehead atoms. The monoisotopic (exact) mass is 394 g/mol. The fourth-order valence-corrected chi connectivity index (χ4v) is 2.79. The van der Waals surface area contributed by atoms with Crippen molar-refractivity contribution in [3.8, 4) is 0 Å². The molecule has 0 aliphatic carbocycles. The molecule has 148 valence electrons. The molecule has 2 aromatic rings. The summed E-state index contributed by atoms with van der Waals surface area (Å²) in [4.78, 5) is 35.7. The van der Waals surface area contributed by atoms with E-state index in [1.165, 1.54) is 29.4 Å². The molecule has 3 rings (SSSR count). The molecular formula is C20H20N5O4+. The zero-order valence-electron chi connectivity index (χ0n) is 16.1. The van der Waals surface area contributed by atoms with Gasteiger partial charge in [0.15, 0.2) is 0 Å². The second-order valence-electron chi connectivity index (χ2n) is 6.52. The van der Waals surface area contributed by atoms with E-state index in [-0.39, 0.29) is 27.7 Å². The summed E-state index contributed by atoms with van der Waals surface area (Å²) in [6.07, 6.45) is 1.33. The Morgan fingerprint density at radius 3 is 2.55 bits per heavy atom. The van der Waals surface area contributed by atoms with Crippen molar-refractivity contribution in [3.63, 3.8) is 0 Å². The predicted octanol–water partition coefficient (Wildman–Crippen LogP) is 2.64. The minimum Gasteiger partial charge on any atom is -0.305 e. The maximum Gasteiger partial charge on any atom is 0.329 e. The van der Waals surface area contributed by atoms with Crippen LogP contribution < -0.4 is 15.9 Å². The average molecular weight is 394 g/mol. The Morgan fingerprint density at radius 1 is 1.14 bits per heavy atom. The number of nitrogens with one attached hydrogen (secondary N) is 2. The van der Waals surface area contributed by atoms with Gasteiger partial charge in [0.1, 0.15) is 5.56 Å². The summed E-state index contributed by atoms with van der Waals surface area (Å²) >= 11 is 0. The third kappa shape index (κ3) is 3.98. The Balaban J connectivity index is 1.72. The van der Waals surface area contributed by atoms with E-state index >= 15 is 0 Å². The molecule has 1 heterocycles. The summed E-state index contributed by atoms with van der Waals surface area (Å²) in [5.41, 5.74) is 8.26. The summed E-state index contributed by atoms with van der Waals surface area (Å²) in [6.45, 7) is 5.63. The van der Waals surface area contributed by atoms with E-state index in [9.17, 15) is 14.5 Å². The first kappa shape index (κ1) is 19.7. The van der Waals surface area contributed by atoms with Gasteiger partial charge in [0.05, 0.1) is 21.9 Å². The molecule has 0 spiro atoms. The molecule has 1 aliphatic heterocycles. The highest BCUT2D eigenvalue weighted by Crippen LogP contribution is 2.25. The molecule has 0 radical (unpaired) electrons. The molecule has 1 aliphatic rings. The first-order valence-electron chi connectivity index (χ1n) is 8.78. The number of hydrogen-bond donors (Lipinski definition) is 3. The number of carbonyl (C=O) groups excluding carboxylic acids is 2.